The third kappa shape index (κ3) is 2.98. The SMILES string of the molecule is CNN(C)CCc1cccnc1. The van der Waals surface area contributed by atoms with Crippen LogP contribution in [-0.4, -0.2) is 30.6 Å². The number of rotatable bonds is 4. The zero-order valence-electron chi connectivity index (χ0n) is 7.62. The van der Waals surface area contributed by atoms with Gasteiger partial charge in [0, 0.05) is 26.0 Å². The highest BCUT2D eigenvalue weighted by atomic mass is 15.5. The molecule has 0 aliphatic heterocycles. The summed E-state index contributed by atoms with van der Waals surface area (Å²) in [6.45, 7) is 1.00. The smallest absolute Gasteiger partial charge is 0.0300 e. The first-order chi connectivity index (χ1) is 5.83. The highest BCUT2D eigenvalue weighted by molar-refractivity contribution is 5.08. The third-order valence-corrected chi connectivity index (χ3v) is 1.84. The normalized spacial score (nSPS) is 10.6. The maximum absolute atomic E-state index is 4.05. The molecule has 0 bridgehead atoms. The predicted molar refractivity (Wildman–Crippen MR) is 49.6 cm³/mol. The molecule has 12 heavy (non-hydrogen) atoms. The van der Waals surface area contributed by atoms with Crippen LogP contribution in [0.4, 0.5) is 0 Å². The first kappa shape index (κ1) is 9.16. The lowest BCUT2D eigenvalue weighted by molar-refractivity contribution is 0.264. The summed E-state index contributed by atoms with van der Waals surface area (Å²) >= 11 is 0. The summed E-state index contributed by atoms with van der Waals surface area (Å²) in [7, 11) is 3.94. The third-order valence-electron chi connectivity index (χ3n) is 1.84. The van der Waals surface area contributed by atoms with E-state index in [0.29, 0.717) is 0 Å². The molecule has 1 aromatic rings. The van der Waals surface area contributed by atoms with Crippen LogP contribution in [0.1, 0.15) is 5.56 Å². The molecule has 0 unspecified atom stereocenters. The summed E-state index contributed by atoms with van der Waals surface area (Å²) < 4.78 is 0. The van der Waals surface area contributed by atoms with Crippen LogP contribution in [0, 0.1) is 0 Å². The van der Waals surface area contributed by atoms with E-state index in [-0.39, 0.29) is 0 Å². The molecule has 0 saturated carbocycles. The van der Waals surface area contributed by atoms with E-state index >= 15 is 0 Å². The van der Waals surface area contributed by atoms with E-state index in [0.717, 1.165) is 13.0 Å². The molecule has 66 valence electrons. The first-order valence-electron chi connectivity index (χ1n) is 4.10. The van der Waals surface area contributed by atoms with Gasteiger partial charge in [0.25, 0.3) is 0 Å². The molecule has 0 aromatic carbocycles. The van der Waals surface area contributed by atoms with Crippen LogP contribution >= 0.6 is 0 Å². The van der Waals surface area contributed by atoms with Crippen molar-refractivity contribution in [2.24, 2.45) is 0 Å². The number of aromatic nitrogens is 1. The Balaban J connectivity index is 2.33. The Morgan fingerprint density at radius 2 is 2.42 bits per heavy atom. The Morgan fingerprint density at radius 3 is 3.00 bits per heavy atom. The fourth-order valence-electron chi connectivity index (χ4n) is 0.955. The number of likely N-dealkylation sites (N-methyl/N-ethyl adjacent to an activating group) is 1. The number of hydrogen-bond acceptors (Lipinski definition) is 3. The van der Waals surface area contributed by atoms with Crippen LogP contribution in [0.2, 0.25) is 0 Å². The van der Waals surface area contributed by atoms with Gasteiger partial charge in [-0.1, -0.05) is 6.07 Å². The Kier molecular flexibility index (Phi) is 3.70. The summed E-state index contributed by atoms with van der Waals surface area (Å²) in [5, 5.41) is 2.05. The fourth-order valence-corrected chi connectivity index (χ4v) is 0.955. The van der Waals surface area contributed by atoms with Gasteiger partial charge in [0.2, 0.25) is 0 Å². The molecular weight excluding hydrogens is 150 g/mol. The lowest BCUT2D eigenvalue weighted by Crippen LogP contribution is -2.32. The summed E-state index contributed by atoms with van der Waals surface area (Å²) in [5.74, 6) is 0. The van der Waals surface area contributed by atoms with E-state index in [1.54, 1.807) is 6.20 Å². The number of pyridine rings is 1. The second-order valence-corrected chi connectivity index (χ2v) is 2.76. The molecule has 3 nitrogen and oxygen atoms in total. The molecule has 0 atom stereocenters. The van der Waals surface area contributed by atoms with Crippen molar-refractivity contribution < 1.29 is 0 Å². The van der Waals surface area contributed by atoms with E-state index in [9.17, 15) is 0 Å². The van der Waals surface area contributed by atoms with Crippen molar-refractivity contribution >= 4 is 0 Å². The molecule has 1 heterocycles. The van der Waals surface area contributed by atoms with E-state index in [1.165, 1.54) is 5.56 Å². The summed E-state index contributed by atoms with van der Waals surface area (Å²) in [6, 6.07) is 4.06. The minimum absolute atomic E-state index is 1.00. The van der Waals surface area contributed by atoms with Gasteiger partial charge >= 0.3 is 0 Å². The quantitative estimate of drug-likeness (QED) is 0.665. The highest BCUT2D eigenvalue weighted by Gasteiger charge is 1.95. The predicted octanol–water partition coefficient (Wildman–Crippen LogP) is 0.690. The van der Waals surface area contributed by atoms with Crippen molar-refractivity contribution in [2.45, 2.75) is 6.42 Å². The number of hydrogen-bond donors (Lipinski definition) is 1. The second kappa shape index (κ2) is 4.85. The van der Waals surface area contributed by atoms with Gasteiger partial charge in [-0.2, -0.15) is 0 Å². The maximum Gasteiger partial charge on any atom is 0.0300 e. The molecule has 1 rings (SSSR count). The van der Waals surface area contributed by atoms with E-state index in [2.05, 4.69) is 16.5 Å². The van der Waals surface area contributed by atoms with Crippen molar-refractivity contribution in [2.75, 3.05) is 20.6 Å². The number of nitrogens with one attached hydrogen (secondary N) is 1. The van der Waals surface area contributed by atoms with Crippen molar-refractivity contribution in [1.29, 1.82) is 0 Å². The molecule has 0 amide bonds. The molecule has 0 fully saturated rings. The molecule has 0 saturated heterocycles. The van der Waals surface area contributed by atoms with Gasteiger partial charge < -0.3 is 0 Å². The summed E-state index contributed by atoms with van der Waals surface area (Å²) in [4.78, 5) is 4.05. The zero-order valence-corrected chi connectivity index (χ0v) is 7.62. The lowest BCUT2D eigenvalue weighted by Gasteiger charge is -2.13. The first-order valence-corrected chi connectivity index (χ1v) is 4.10. The van der Waals surface area contributed by atoms with Crippen LogP contribution in [0.25, 0.3) is 0 Å². The second-order valence-electron chi connectivity index (χ2n) is 2.76. The van der Waals surface area contributed by atoms with Gasteiger partial charge in [-0.05, 0) is 25.1 Å². The van der Waals surface area contributed by atoms with Crippen molar-refractivity contribution in [3.8, 4) is 0 Å². The molecule has 0 aliphatic carbocycles. The number of nitrogens with zero attached hydrogens (tertiary/aromatic N) is 2. The summed E-state index contributed by atoms with van der Waals surface area (Å²) in [6.07, 6.45) is 4.74. The van der Waals surface area contributed by atoms with Gasteiger partial charge in [0.15, 0.2) is 0 Å². The highest BCUT2D eigenvalue weighted by Crippen LogP contribution is 1.96. The van der Waals surface area contributed by atoms with E-state index in [1.807, 2.05) is 31.4 Å². The van der Waals surface area contributed by atoms with Crippen molar-refractivity contribution in [1.82, 2.24) is 15.4 Å². The standard InChI is InChI=1S/C9H15N3/c1-10-12(2)7-5-9-4-3-6-11-8-9/h3-4,6,8,10H,5,7H2,1-2H3. The molecular formula is C9H15N3. The molecule has 1 N–H and O–H groups in total. The van der Waals surface area contributed by atoms with Crippen LogP contribution in [-0.2, 0) is 6.42 Å². The van der Waals surface area contributed by atoms with Gasteiger partial charge in [0.05, 0.1) is 0 Å². The number of hydrazine groups is 1. The van der Waals surface area contributed by atoms with Gasteiger partial charge in [-0.3, -0.25) is 10.4 Å². The van der Waals surface area contributed by atoms with Crippen LogP contribution in [0.15, 0.2) is 24.5 Å². The monoisotopic (exact) mass is 165 g/mol. The van der Waals surface area contributed by atoms with Crippen molar-refractivity contribution in [3.05, 3.63) is 30.1 Å². The fraction of sp³-hybridized carbons (Fsp3) is 0.444. The molecule has 1 aromatic heterocycles. The Morgan fingerprint density at radius 1 is 1.58 bits per heavy atom. The maximum atomic E-state index is 4.05. The van der Waals surface area contributed by atoms with Gasteiger partial charge in [0.1, 0.15) is 0 Å². The van der Waals surface area contributed by atoms with Crippen molar-refractivity contribution in [3.63, 3.8) is 0 Å². The lowest BCUT2D eigenvalue weighted by atomic mass is 10.2. The molecule has 3 heteroatoms. The van der Waals surface area contributed by atoms with Crippen LogP contribution in [0.5, 0.6) is 0 Å². The topological polar surface area (TPSA) is 28.2 Å². The zero-order chi connectivity index (χ0) is 8.81. The molecule has 0 spiro atoms. The Labute approximate surface area is 73.4 Å². The Bertz CT molecular complexity index is 210. The van der Waals surface area contributed by atoms with Gasteiger partial charge in [-0.15, -0.1) is 0 Å². The average molecular weight is 165 g/mol. The van der Waals surface area contributed by atoms with Gasteiger partial charge in [-0.25, -0.2) is 5.01 Å². The molecule has 0 aliphatic rings. The average Bonchev–Trinajstić information content (AvgIpc) is 2.16. The van der Waals surface area contributed by atoms with E-state index in [4.69, 9.17) is 0 Å². The Hall–Kier alpha value is -0.930. The minimum atomic E-state index is 1.00. The van der Waals surface area contributed by atoms with Crippen LogP contribution in [0.3, 0.4) is 0 Å². The largest absolute Gasteiger partial charge is 0.264 e. The van der Waals surface area contributed by atoms with E-state index < -0.39 is 0 Å². The minimum Gasteiger partial charge on any atom is -0.264 e. The van der Waals surface area contributed by atoms with Crippen LogP contribution < -0.4 is 5.43 Å². The summed E-state index contributed by atoms with van der Waals surface area (Å²) in [5.41, 5.74) is 4.33. The molecule has 0 radical (unpaired) electrons.